The van der Waals surface area contributed by atoms with Gasteiger partial charge >= 0.3 is 6.03 Å². The van der Waals surface area contributed by atoms with Gasteiger partial charge in [-0.05, 0) is 43.9 Å². The van der Waals surface area contributed by atoms with Crippen molar-refractivity contribution in [3.05, 3.63) is 12.3 Å². The molecular weight excluding hydrogens is 240 g/mol. The number of aromatic nitrogens is 2. The summed E-state index contributed by atoms with van der Waals surface area (Å²) in [5.74, 6) is 3.13. The highest BCUT2D eigenvalue weighted by atomic mass is 16.2. The third-order valence-electron chi connectivity index (χ3n) is 4.86. The molecule has 2 N–H and O–H groups in total. The Morgan fingerprint density at radius 2 is 2.32 bits per heavy atom. The Morgan fingerprint density at radius 1 is 1.47 bits per heavy atom. The van der Waals surface area contributed by atoms with Crippen LogP contribution in [0.15, 0.2) is 12.3 Å². The van der Waals surface area contributed by atoms with Crippen LogP contribution in [0.25, 0.3) is 0 Å². The number of nitrogens with zero attached hydrogens (tertiary/aromatic N) is 2. The summed E-state index contributed by atoms with van der Waals surface area (Å²) in [4.78, 5) is 12.0. The third kappa shape index (κ3) is 2.46. The number of aryl methyl sites for hydroxylation is 1. The molecule has 2 bridgehead atoms. The molecule has 2 fully saturated rings. The number of carbonyl (C=O) groups is 1. The van der Waals surface area contributed by atoms with Crippen LogP contribution in [0.1, 0.15) is 32.6 Å². The number of carbonyl (C=O) groups excluding carboxylic acids is 1. The SMILES string of the molecule is CC(NC(=O)Nc1ccnn1C)C1CC2CCC1C2. The molecule has 1 aromatic rings. The van der Waals surface area contributed by atoms with Gasteiger partial charge < -0.3 is 5.32 Å². The first-order valence-electron chi connectivity index (χ1n) is 7.19. The maximum absolute atomic E-state index is 12.0. The first-order valence-corrected chi connectivity index (χ1v) is 7.19. The van der Waals surface area contributed by atoms with Crippen molar-refractivity contribution in [3.8, 4) is 0 Å². The number of amides is 2. The Kier molecular flexibility index (Phi) is 3.21. The van der Waals surface area contributed by atoms with E-state index in [1.165, 1.54) is 25.7 Å². The molecular formula is C14H22N4O. The molecule has 2 amide bonds. The summed E-state index contributed by atoms with van der Waals surface area (Å²) < 4.78 is 1.65. The molecule has 4 atom stereocenters. The van der Waals surface area contributed by atoms with E-state index in [0.717, 1.165) is 17.7 Å². The Hall–Kier alpha value is -1.52. The summed E-state index contributed by atoms with van der Waals surface area (Å²) >= 11 is 0. The zero-order valence-corrected chi connectivity index (χ0v) is 11.6. The van der Waals surface area contributed by atoms with Crippen molar-refractivity contribution in [1.29, 1.82) is 0 Å². The smallest absolute Gasteiger partial charge is 0.320 e. The number of rotatable bonds is 3. The highest BCUT2D eigenvalue weighted by Gasteiger charge is 2.42. The van der Waals surface area contributed by atoms with E-state index in [-0.39, 0.29) is 12.1 Å². The van der Waals surface area contributed by atoms with Gasteiger partial charge in [-0.25, -0.2) is 4.79 Å². The molecule has 19 heavy (non-hydrogen) atoms. The minimum absolute atomic E-state index is 0.126. The summed E-state index contributed by atoms with van der Waals surface area (Å²) in [5.41, 5.74) is 0. The Balaban J connectivity index is 1.53. The number of nitrogens with one attached hydrogen (secondary N) is 2. The molecule has 5 heteroatoms. The maximum atomic E-state index is 12.0. The zero-order valence-electron chi connectivity index (χ0n) is 11.6. The molecule has 1 heterocycles. The minimum Gasteiger partial charge on any atom is -0.335 e. The molecule has 0 aliphatic heterocycles. The Bertz CT molecular complexity index is 470. The predicted octanol–water partition coefficient (Wildman–Crippen LogP) is 2.37. The Morgan fingerprint density at radius 3 is 2.89 bits per heavy atom. The van der Waals surface area contributed by atoms with Crippen LogP contribution < -0.4 is 10.6 Å². The van der Waals surface area contributed by atoms with Crippen molar-refractivity contribution in [2.24, 2.45) is 24.8 Å². The number of fused-ring (bicyclic) bond motifs is 2. The first kappa shape index (κ1) is 12.5. The van der Waals surface area contributed by atoms with E-state index in [4.69, 9.17) is 0 Å². The largest absolute Gasteiger partial charge is 0.335 e. The van der Waals surface area contributed by atoms with E-state index < -0.39 is 0 Å². The highest BCUT2D eigenvalue weighted by molar-refractivity contribution is 5.88. The van der Waals surface area contributed by atoms with Gasteiger partial charge in [-0.2, -0.15) is 5.10 Å². The summed E-state index contributed by atoms with van der Waals surface area (Å²) in [6, 6.07) is 1.92. The van der Waals surface area contributed by atoms with Crippen LogP contribution in [0.2, 0.25) is 0 Å². The van der Waals surface area contributed by atoms with Crippen LogP contribution in [0.4, 0.5) is 10.6 Å². The molecule has 2 aliphatic rings. The maximum Gasteiger partial charge on any atom is 0.320 e. The average molecular weight is 262 g/mol. The molecule has 104 valence electrons. The van der Waals surface area contributed by atoms with E-state index in [0.29, 0.717) is 5.92 Å². The van der Waals surface area contributed by atoms with Crippen LogP contribution in [0, 0.1) is 17.8 Å². The van der Waals surface area contributed by atoms with Gasteiger partial charge in [-0.1, -0.05) is 6.42 Å². The average Bonchev–Trinajstić information content (AvgIpc) is 3.06. The highest BCUT2D eigenvalue weighted by Crippen LogP contribution is 2.49. The summed E-state index contributed by atoms with van der Waals surface area (Å²) in [6.45, 7) is 2.13. The molecule has 2 saturated carbocycles. The first-order chi connectivity index (χ1) is 9.13. The number of anilines is 1. The standard InChI is InChI=1S/C14H22N4O/c1-9(12-8-10-3-4-11(12)7-10)16-14(19)17-13-5-6-15-18(13)2/h5-6,9-12H,3-4,7-8H2,1-2H3,(H2,16,17,19). The van der Waals surface area contributed by atoms with Gasteiger partial charge in [0, 0.05) is 19.2 Å². The lowest BCUT2D eigenvalue weighted by atomic mass is 9.84. The number of hydrogen-bond acceptors (Lipinski definition) is 2. The van der Waals surface area contributed by atoms with E-state index in [2.05, 4.69) is 22.7 Å². The van der Waals surface area contributed by atoms with Gasteiger partial charge in [0.2, 0.25) is 0 Å². The monoisotopic (exact) mass is 262 g/mol. The molecule has 4 unspecified atom stereocenters. The fourth-order valence-electron chi connectivity index (χ4n) is 3.87. The van der Waals surface area contributed by atoms with Gasteiger partial charge in [-0.3, -0.25) is 10.00 Å². The number of urea groups is 1. The predicted molar refractivity (Wildman–Crippen MR) is 73.8 cm³/mol. The topological polar surface area (TPSA) is 59.0 Å². The van der Waals surface area contributed by atoms with Crippen molar-refractivity contribution in [1.82, 2.24) is 15.1 Å². The lowest BCUT2D eigenvalue weighted by Gasteiger charge is -2.28. The van der Waals surface area contributed by atoms with Crippen LogP contribution in [0.3, 0.4) is 0 Å². The van der Waals surface area contributed by atoms with Gasteiger partial charge in [0.05, 0.1) is 6.20 Å². The Labute approximate surface area is 113 Å². The van der Waals surface area contributed by atoms with Crippen LogP contribution in [-0.4, -0.2) is 21.9 Å². The summed E-state index contributed by atoms with van der Waals surface area (Å²) in [7, 11) is 1.81. The molecule has 1 aromatic heterocycles. The number of hydrogen-bond donors (Lipinski definition) is 2. The van der Waals surface area contributed by atoms with Crippen molar-refractivity contribution in [3.63, 3.8) is 0 Å². The van der Waals surface area contributed by atoms with Crippen molar-refractivity contribution in [2.45, 2.75) is 38.6 Å². The third-order valence-corrected chi connectivity index (χ3v) is 4.86. The second-order valence-electron chi connectivity index (χ2n) is 6.07. The fourth-order valence-corrected chi connectivity index (χ4v) is 3.87. The van der Waals surface area contributed by atoms with Crippen LogP contribution in [0.5, 0.6) is 0 Å². The van der Waals surface area contributed by atoms with E-state index in [1.807, 2.05) is 7.05 Å². The van der Waals surface area contributed by atoms with Gasteiger partial charge in [0.15, 0.2) is 0 Å². The molecule has 2 aliphatic carbocycles. The van der Waals surface area contributed by atoms with Gasteiger partial charge in [-0.15, -0.1) is 0 Å². The lowest BCUT2D eigenvalue weighted by Crippen LogP contribution is -2.42. The van der Waals surface area contributed by atoms with Crippen LogP contribution >= 0.6 is 0 Å². The molecule has 5 nitrogen and oxygen atoms in total. The molecule has 0 saturated heterocycles. The normalized spacial score (nSPS) is 30.3. The summed E-state index contributed by atoms with van der Waals surface area (Å²) in [5, 5.41) is 9.95. The quantitative estimate of drug-likeness (QED) is 0.878. The van der Waals surface area contributed by atoms with E-state index >= 15 is 0 Å². The van der Waals surface area contributed by atoms with Gasteiger partial charge in [0.25, 0.3) is 0 Å². The second kappa shape index (κ2) is 4.87. The summed E-state index contributed by atoms with van der Waals surface area (Å²) in [6.07, 6.45) is 7.09. The van der Waals surface area contributed by atoms with E-state index in [9.17, 15) is 4.79 Å². The van der Waals surface area contributed by atoms with Crippen molar-refractivity contribution in [2.75, 3.05) is 5.32 Å². The second-order valence-corrected chi connectivity index (χ2v) is 6.07. The fraction of sp³-hybridized carbons (Fsp3) is 0.714. The van der Waals surface area contributed by atoms with Crippen LogP contribution in [-0.2, 0) is 7.05 Å². The van der Waals surface area contributed by atoms with Gasteiger partial charge in [0.1, 0.15) is 5.82 Å². The molecule has 0 aromatic carbocycles. The lowest BCUT2D eigenvalue weighted by molar-refractivity contribution is 0.230. The molecule has 3 rings (SSSR count). The molecule has 0 radical (unpaired) electrons. The molecule has 0 spiro atoms. The van der Waals surface area contributed by atoms with Crippen molar-refractivity contribution < 1.29 is 4.79 Å². The van der Waals surface area contributed by atoms with E-state index in [1.54, 1.807) is 16.9 Å². The van der Waals surface area contributed by atoms with Crippen molar-refractivity contribution >= 4 is 11.8 Å². The minimum atomic E-state index is -0.126. The zero-order chi connectivity index (χ0) is 13.4.